The molecular weight excluding hydrogens is 224 g/mol. The smallest absolute Gasteiger partial charge is 0.212 e. The topological polar surface area (TPSA) is 38.1 Å². The van der Waals surface area contributed by atoms with Gasteiger partial charge in [-0.3, -0.25) is 0 Å². The molecule has 1 aromatic heterocycles. The number of oxazole rings is 1. The van der Waals surface area contributed by atoms with Crippen molar-refractivity contribution in [3.63, 3.8) is 0 Å². The molecule has 0 bridgehead atoms. The molecule has 94 valence electrons. The van der Waals surface area contributed by atoms with E-state index in [4.69, 9.17) is 4.42 Å². The number of aromatic nitrogens is 1. The molecule has 2 fully saturated rings. The quantitative estimate of drug-likeness (QED) is 0.834. The number of hydrogen-bond acceptors (Lipinski definition) is 3. The predicted molar refractivity (Wildman–Crippen MR) is 70.3 cm³/mol. The molecule has 2 aliphatic rings. The second kappa shape index (κ2) is 3.82. The summed E-state index contributed by atoms with van der Waals surface area (Å²) < 4.78 is 5.97. The molecule has 2 aromatic rings. The third kappa shape index (κ3) is 1.50. The predicted octanol–water partition coefficient (Wildman–Crippen LogP) is 3.20. The minimum Gasteiger partial charge on any atom is -0.439 e. The molecule has 3 nitrogen and oxygen atoms in total. The molecule has 3 unspecified atom stereocenters. The first kappa shape index (κ1) is 10.6. The number of hydrogen-bond donors (Lipinski definition) is 1. The Hall–Kier alpha value is -1.35. The highest BCUT2D eigenvalue weighted by Gasteiger charge is 2.41. The zero-order chi connectivity index (χ0) is 12.1. The van der Waals surface area contributed by atoms with E-state index >= 15 is 0 Å². The molecule has 1 aliphatic heterocycles. The van der Waals surface area contributed by atoms with Gasteiger partial charge in [0.2, 0.25) is 5.89 Å². The fourth-order valence-corrected chi connectivity index (χ4v) is 3.64. The summed E-state index contributed by atoms with van der Waals surface area (Å²) in [5, 5.41) is 3.59. The van der Waals surface area contributed by atoms with Crippen molar-refractivity contribution in [1.82, 2.24) is 10.3 Å². The van der Waals surface area contributed by atoms with Crippen LogP contribution in [0.5, 0.6) is 0 Å². The van der Waals surface area contributed by atoms with Crippen molar-refractivity contribution in [1.29, 1.82) is 0 Å². The van der Waals surface area contributed by atoms with E-state index < -0.39 is 0 Å². The van der Waals surface area contributed by atoms with Gasteiger partial charge in [0.1, 0.15) is 5.52 Å². The van der Waals surface area contributed by atoms with E-state index in [-0.39, 0.29) is 0 Å². The highest BCUT2D eigenvalue weighted by Crippen LogP contribution is 2.44. The first-order valence-corrected chi connectivity index (χ1v) is 6.92. The van der Waals surface area contributed by atoms with Crippen LogP contribution in [-0.2, 0) is 0 Å². The van der Waals surface area contributed by atoms with Crippen LogP contribution in [0.3, 0.4) is 0 Å². The Balaban J connectivity index is 1.74. The molecule has 0 amide bonds. The summed E-state index contributed by atoms with van der Waals surface area (Å²) in [6.07, 6.45) is 4.06. The van der Waals surface area contributed by atoms with Crippen LogP contribution in [0.25, 0.3) is 11.1 Å². The summed E-state index contributed by atoms with van der Waals surface area (Å²) >= 11 is 0. The third-order valence-corrected chi connectivity index (χ3v) is 4.57. The molecule has 1 aliphatic carbocycles. The van der Waals surface area contributed by atoms with Crippen LogP contribution in [0.15, 0.2) is 22.6 Å². The lowest BCUT2D eigenvalue weighted by molar-refractivity contribution is 0.356. The molecular formula is C15H18N2O. The van der Waals surface area contributed by atoms with Crippen LogP contribution >= 0.6 is 0 Å². The van der Waals surface area contributed by atoms with Gasteiger partial charge in [-0.05, 0) is 55.8 Å². The maximum Gasteiger partial charge on any atom is 0.212 e. The van der Waals surface area contributed by atoms with Crippen molar-refractivity contribution < 1.29 is 4.42 Å². The van der Waals surface area contributed by atoms with Crippen molar-refractivity contribution in [2.75, 3.05) is 6.54 Å². The molecule has 4 rings (SSSR count). The summed E-state index contributed by atoms with van der Waals surface area (Å²) in [4.78, 5) is 4.67. The standard InChI is InChI=1S/C15H18N2O/c1-9-5-6-12-13(7-9)18-15(17-12)14-11-4-2-3-10(11)8-16-14/h5-7,10-11,14,16H,2-4,8H2,1H3. The monoisotopic (exact) mass is 242 g/mol. The van der Waals surface area contributed by atoms with Crippen molar-refractivity contribution in [2.45, 2.75) is 32.2 Å². The van der Waals surface area contributed by atoms with Crippen LogP contribution in [0, 0.1) is 18.8 Å². The van der Waals surface area contributed by atoms with Gasteiger partial charge in [-0.2, -0.15) is 0 Å². The molecule has 1 N–H and O–H groups in total. The largest absolute Gasteiger partial charge is 0.439 e. The Bertz CT molecular complexity index is 589. The Kier molecular flexibility index (Phi) is 2.24. The maximum absolute atomic E-state index is 5.97. The fourth-order valence-electron chi connectivity index (χ4n) is 3.64. The van der Waals surface area contributed by atoms with Crippen LogP contribution in [0.4, 0.5) is 0 Å². The van der Waals surface area contributed by atoms with Crippen molar-refractivity contribution in [2.24, 2.45) is 11.8 Å². The lowest BCUT2D eigenvalue weighted by atomic mass is 9.94. The molecule has 0 radical (unpaired) electrons. The van der Waals surface area contributed by atoms with E-state index in [1.54, 1.807) is 0 Å². The highest BCUT2D eigenvalue weighted by molar-refractivity contribution is 5.73. The summed E-state index contributed by atoms with van der Waals surface area (Å²) in [6.45, 7) is 3.22. The van der Waals surface area contributed by atoms with Gasteiger partial charge in [-0.15, -0.1) is 0 Å². The average Bonchev–Trinajstić information content (AvgIpc) is 3.00. The van der Waals surface area contributed by atoms with Gasteiger partial charge in [0.15, 0.2) is 5.58 Å². The Morgan fingerprint density at radius 2 is 2.28 bits per heavy atom. The number of fused-ring (bicyclic) bond motifs is 2. The number of nitrogens with one attached hydrogen (secondary N) is 1. The Morgan fingerprint density at radius 1 is 1.33 bits per heavy atom. The number of nitrogens with zero attached hydrogens (tertiary/aromatic N) is 1. The zero-order valence-electron chi connectivity index (χ0n) is 10.6. The van der Waals surface area contributed by atoms with Gasteiger partial charge in [0, 0.05) is 0 Å². The van der Waals surface area contributed by atoms with Crippen LogP contribution in [0.1, 0.15) is 36.8 Å². The molecule has 0 spiro atoms. The van der Waals surface area contributed by atoms with Gasteiger partial charge in [0.05, 0.1) is 6.04 Å². The zero-order valence-corrected chi connectivity index (χ0v) is 10.6. The van der Waals surface area contributed by atoms with Crippen LogP contribution in [-0.4, -0.2) is 11.5 Å². The summed E-state index contributed by atoms with van der Waals surface area (Å²) in [5.74, 6) is 2.47. The van der Waals surface area contributed by atoms with E-state index in [2.05, 4.69) is 35.4 Å². The maximum atomic E-state index is 5.97. The Labute approximate surface area is 107 Å². The van der Waals surface area contributed by atoms with E-state index in [1.165, 1.54) is 24.8 Å². The van der Waals surface area contributed by atoms with Crippen molar-refractivity contribution in [3.05, 3.63) is 29.7 Å². The first-order chi connectivity index (χ1) is 8.81. The number of benzene rings is 1. The van der Waals surface area contributed by atoms with Crippen LogP contribution in [0.2, 0.25) is 0 Å². The number of rotatable bonds is 1. The van der Waals surface area contributed by atoms with Gasteiger partial charge in [-0.1, -0.05) is 12.5 Å². The summed E-state index contributed by atoms with van der Waals surface area (Å²) in [7, 11) is 0. The third-order valence-electron chi connectivity index (χ3n) is 4.57. The molecule has 1 saturated heterocycles. The summed E-state index contributed by atoms with van der Waals surface area (Å²) in [5.41, 5.74) is 3.13. The minimum atomic E-state index is 0.338. The van der Waals surface area contributed by atoms with Gasteiger partial charge in [0.25, 0.3) is 0 Å². The summed E-state index contributed by atoms with van der Waals surface area (Å²) in [6, 6.07) is 6.56. The average molecular weight is 242 g/mol. The normalized spacial score (nSPS) is 31.1. The molecule has 18 heavy (non-hydrogen) atoms. The van der Waals surface area contributed by atoms with Gasteiger partial charge < -0.3 is 9.73 Å². The van der Waals surface area contributed by atoms with E-state index in [0.29, 0.717) is 6.04 Å². The van der Waals surface area contributed by atoms with Crippen molar-refractivity contribution >= 4 is 11.1 Å². The van der Waals surface area contributed by atoms with Crippen LogP contribution < -0.4 is 5.32 Å². The van der Waals surface area contributed by atoms with Gasteiger partial charge in [-0.25, -0.2) is 4.98 Å². The van der Waals surface area contributed by atoms with E-state index in [0.717, 1.165) is 35.4 Å². The Morgan fingerprint density at radius 3 is 3.22 bits per heavy atom. The van der Waals surface area contributed by atoms with Gasteiger partial charge >= 0.3 is 0 Å². The first-order valence-electron chi connectivity index (χ1n) is 6.92. The number of aryl methyl sites for hydroxylation is 1. The fraction of sp³-hybridized carbons (Fsp3) is 0.533. The van der Waals surface area contributed by atoms with E-state index in [1.807, 2.05) is 0 Å². The molecule has 1 saturated carbocycles. The highest BCUT2D eigenvalue weighted by atomic mass is 16.3. The second-order valence-electron chi connectivity index (χ2n) is 5.76. The van der Waals surface area contributed by atoms with Crippen molar-refractivity contribution in [3.8, 4) is 0 Å². The molecule has 2 heterocycles. The molecule has 3 atom stereocenters. The SMILES string of the molecule is Cc1ccc2nc(C3NCC4CCCC43)oc2c1. The van der Waals surface area contributed by atoms with E-state index in [9.17, 15) is 0 Å². The lowest BCUT2D eigenvalue weighted by Crippen LogP contribution is -2.17. The second-order valence-corrected chi connectivity index (χ2v) is 5.76. The molecule has 3 heteroatoms. The molecule has 1 aromatic carbocycles. The lowest BCUT2D eigenvalue weighted by Gasteiger charge is -2.13. The minimum absolute atomic E-state index is 0.338.